The van der Waals surface area contributed by atoms with E-state index in [-0.39, 0.29) is 5.91 Å². The Balaban J connectivity index is 1.84. The molecule has 1 aromatic heterocycles. The molecule has 20 heavy (non-hydrogen) atoms. The van der Waals surface area contributed by atoms with E-state index in [1.165, 1.54) is 0 Å². The van der Waals surface area contributed by atoms with E-state index >= 15 is 0 Å². The first-order chi connectivity index (χ1) is 9.63. The first-order valence-electron chi connectivity index (χ1n) is 7.19. The minimum absolute atomic E-state index is 0.114. The highest BCUT2D eigenvalue weighted by molar-refractivity contribution is 5.98. The molecule has 1 fully saturated rings. The molecule has 106 valence electrons. The summed E-state index contributed by atoms with van der Waals surface area (Å²) in [6.45, 7) is 5.83. The van der Waals surface area contributed by atoms with Crippen molar-refractivity contribution in [1.29, 1.82) is 0 Å². The summed E-state index contributed by atoms with van der Waals surface area (Å²) >= 11 is 0. The van der Waals surface area contributed by atoms with Crippen molar-refractivity contribution in [2.75, 3.05) is 33.2 Å². The van der Waals surface area contributed by atoms with E-state index in [4.69, 9.17) is 0 Å². The second-order valence-electron chi connectivity index (χ2n) is 5.89. The summed E-state index contributed by atoms with van der Waals surface area (Å²) in [5.74, 6) is 0.624. The van der Waals surface area contributed by atoms with Gasteiger partial charge >= 0.3 is 0 Å². The summed E-state index contributed by atoms with van der Waals surface area (Å²) in [7, 11) is 2.12. The minimum atomic E-state index is 0.114. The Hall–Kier alpha value is -1.81. The number of hydrogen-bond acceptors (Lipinski definition) is 2. The lowest BCUT2D eigenvalue weighted by molar-refractivity contribution is 0.0744. The molecular weight excluding hydrogens is 250 g/mol. The van der Waals surface area contributed by atoms with Crippen LogP contribution in [0.4, 0.5) is 0 Å². The summed E-state index contributed by atoms with van der Waals surface area (Å²) < 4.78 is 0. The molecule has 4 heteroatoms. The van der Waals surface area contributed by atoms with Gasteiger partial charge in [0.2, 0.25) is 0 Å². The van der Waals surface area contributed by atoms with Gasteiger partial charge in [-0.2, -0.15) is 0 Å². The summed E-state index contributed by atoms with van der Waals surface area (Å²) in [6, 6.07) is 9.97. The van der Waals surface area contributed by atoms with E-state index < -0.39 is 0 Å². The maximum atomic E-state index is 12.7. The monoisotopic (exact) mass is 271 g/mol. The van der Waals surface area contributed by atoms with Crippen molar-refractivity contribution in [2.24, 2.45) is 5.92 Å². The van der Waals surface area contributed by atoms with E-state index in [1.54, 1.807) is 0 Å². The molecule has 3 rings (SSSR count). The number of benzene rings is 1. The van der Waals surface area contributed by atoms with Crippen molar-refractivity contribution in [3.8, 4) is 0 Å². The van der Waals surface area contributed by atoms with Crippen LogP contribution >= 0.6 is 0 Å². The molecule has 0 spiro atoms. The van der Waals surface area contributed by atoms with Crippen molar-refractivity contribution in [3.63, 3.8) is 0 Å². The third-order valence-electron chi connectivity index (χ3n) is 3.95. The number of nitrogens with one attached hydrogen (secondary N) is 1. The van der Waals surface area contributed by atoms with Gasteiger partial charge in [-0.1, -0.05) is 25.1 Å². The summed E-state index contributed by atoms with van der Waals surface area (Å²) in [6.07, 6.45) is 0. The number of rotatable bonds is 1. The highest BCUT2D eigenvalue weighted by atomic mass is 16.2. The number of aromatic nitrogens is 1. The van der Waals surface area contributed by atoms with Crippen LogP contribution in [-0.4, -0.2) is 53.9 Å². The largest absolute Gasteiger partial charge is 0.351 e. The fourth-order valence-electron chi connectivity index (χ4n) is 2.98. The third kappa shape index (κ3) is 2.56. The van der Waals surface area contributed by atoms with Crippen LogP contribution in [0, 0.1) is 5.92 Å². The van der Waals surface area contributed by atoms with Gasteiger partial charge in [0.15, 0.2) is 0 Å². The van der Waals surface area contributed by atoms with Gasteiger partial charge in [0.1, 0.15) is 5.69 Å². The molecule has 0 saturated carbocycles. The topological polar surface area (TPSA) is 39.3 Å². The second-order valence-corrected chi connectivity index (χ2v) is 5.89. The van der Waals surface area contributed by atoms with Gasteiger partial charge in [0.05, 0.1) is 0 Å². The number of amides is 1. The molecule has 1 aliphatic rings. The molecule has 2 heterocycles. The molecule has 0 bridgehead atoms. The molecule has 1 saturated heterocycles. The highest BCUT2D eigenvalue weighted by Gasteiger charge is 2.23. The first-order valence-corrected chi connectivity index (χ1v) is 7.19. The molecule has 1 atom stereocenters. The lowest BCUT2D eigenvalue weighted by Gasteiger charge is -2.21. The predicted octanol–water partition coefficient (Wildman–Crippen LogP) is 2.19. The molecule has 1 amide bonds. The normalized spacial score (nSPS) is 21.1. The fraction of sp³-hybridized carbons (Fsp3) is 0.438. The van der Waals surface area contributed by atoms with E-state index in [0.29, 0.717) is 11.6 Å². The molecule has 1 aliphatic heterocycles. The van der Waals surface area contributed by atoms with Crippen LogP contribution in [0.2, 0.25) is 0 Å². The Labute approximate surface area is 119 Å². The minimum Gasteiger partial charge on any atom is -0.351 e. The van der Waals surface area contributed by atoms with E-state index in [0.717, 1.165) is 37.1 Å². The standard InChI is InChI=1S/C16H21N3O/c1-12-10-18(2)7-8-19(11-12)16(20)15-9-13-5-3-4-6-14(13)17-15/h3-6,9,12,17H,7-8,10-11H2,1-2H3. The SMILES string of the molecule is CC1CN(C)CCN(C(=O)c2cc3ccccc3[nH]2)C1. The maximum absolute atomic E-state index is 12.7. The molecule has 1 aromatic carbocycles. The van der Waals surface area contributed by atoms with Gasteiger partial charge in [0, 0.05) is 37.1 Å². The number of fused-ring (bicyclic) bond motifs is 1. The summed E-state index contributed by atoms with van der Waals surface area (Å²) in [5, 5.41) is 1.09. The molecule has 2 aromatic rings. The van der Waals surface area contributed by atoms with Crippen LogP contribution in [0.3, 0.4) is 0 Å². The Bertz CT molecular complexity index is 586. The number of aromatic amines is 1. The van der Waals surface area contributed by atoms with Crippen LogP contribution < -0.4 is 0 Å². The molecule has 1 N–H and O–H groups in total. The van der Waals surface area contributed by atoms with Crippen LogP contribution in [-0.2, 0) is 0 Å². The van der Waals surface area contributed by atoms with Gasteiger partial charge in [-0.3, -0.25) is 4.79 Å². The van der Waals surface area contributed by atoms with E-state index in [1.807, 2.05) is 35.2 Å². The molecule has 0 radical (unpaired) electrons. The number of H-pyrrole nitrogens is 1. The van der Waals surface area contributed by atoms with Gasteiger partial charge in [0.25, 0.3) is 5.91 Å². The summed E-state index contributed by atoms with van der Waals surface area (Å²) in [4.78, 5) is 20.2. The molecule has 4 nitrogen and oxygen atoms in total. The lowest BCUT2D eigenvalue weighted by Crippen LogP contribution is -2.35. The highest BCUT2D eigenvalue weighted by Crippen LogP contribution is 2.17. The number of carbonyl (C=O) groups is 1. The molecule has 1 unspecified atom stereocenters. The number of para-hydroxylation sites is 1. The van der Waals surface area contributed by atoms with Crippen molar-refractivity contribution < 1.29 is 4.79 Å². The molecular formula is C16H21N3O. The average molecular weight is 271 g/mol. The quantitative estimate of drug-likeness (QED) is 0.863. The zero-order valence-corrected chi connectivity index (χ0v) is 12.1. The second kappa shape index (κ2) is 5.29. The Morgan fingerprint density at radius 3 is 2.85 bits per heavy atom. The summed E-state index contributed by atoms with van der Waals surface area (Å²) in [5.41, 5.74) is 1.72. The number of nitrogens with zero attached hydrogens (tertiary/aromatic N) is 2. The maximum Gasteiger partial charge on any atom is 0.270 e. The Morgan fingerprint density at radius 1 is 1.25 bits per heavy atom. The van der Waals surface area contributed by atoms with Crippen molar-refractivity contribution in [1.82, 2.24) is 14.8 Å². The van der Waals surface area contributed by atoms with Crippen LogP contribution in [0.5, 0.6) is 0 Å². The zero-order valence-electron chi connectivity index (χ0n) is 12.1. The van der Waals surface area contributed by atoms with Gasteiger partial charge in [-0.25, -0.2) is 0 Å². The van der Waals surface area contributed by atoms with E-state index in [9.17, 15) is 4.79 Å². The number of hydrogen-bond donors (Lipinski definition) is 1. The van der Waals surface area contributed by atoms with Crippen LogP contribution in [0.1, 0.15) is 17.4 Å². The fourth-order valence-corrected chi connectivity index (χ4v) is 2.98. The predicted molar refractivity (Wildman–Crippen MR) is 80.9 cm³/mol. The number of likely N-dealkylation sites (N-methyl/N-ethyl adjacent to an activating group) is 1. The van der Waals surface area contributed by atoms with Crippen molar-refractivity contribution in [3.05, 3.63) is 36.0 Å². The third-order valence-corrected chi connectivity index (χ3v) is 3.95. The lowest BCUT2D eigenvalue weighted by atomic mass is 10.1. The molecule has 0 aliphatic carbocycles. The van der Waals surface area contributed by atoms with Crippen molar-refractivity contribution >= 4 is 16.8 Å². The van der Waals surface area contributed by atoms with Gasteiger partial charge < -0.3 is 14.8 Å². The van der Waals surface area contributed by atoms with E-state index in [2.05, 4.69) is 23.9 Å². The first kappa shape index (κ1) is 13.2. The van der Waals surface area contributed by atoms with Crippen molar-refractivity contribution in [2.45, 2.75) is 6.92 Å². The average Bonchev–Trinajstić information content (AvgIpc) is 2.78. The Morgan fingerprint density at radius 2 is 2.05 bits per heavy atom. The van der Waals surface area contributed by atoms with Gasteiger partial charge in [-0.15, -0.1) is 0 Å². The zero-order chi connectivity index (χ0) is 14.1. The van der Waals surface area contributed by atoms with Crippen LogP contribution in [0.25, 0.3) is 10.9 Å². The van der Waals surface area contributed by atoms with Crippen LogP contribution in [0.15, 0.2) is 30.3 Å². The smallest absolute Gasteiger partial charge is 0.270 e. The Kier molecular flexibility index (Phi) is 3.49. The van der Waals surface area contributed by atoms with Gasteiger partial charge in [-0.05, 0) is 25.1 Å². The number of carbonyl (C=O) groups excluding carboxylic acids is 1.